The number of nitrogens with one attached hydrogen (secondary N) is 1. The van der Waals surface area contributed by atoms with E-state index in [1.165, 1.54) is 11.1 Å². The Morgan fingerprint density at radius 1 is 1.24 bits per heavy atom. The summed E-state index contributed by atoms with van der Waals surface area (Å²) < 4.78 is 0. The molecule has 0 amide bonds. The second-order valence-electron chi connectivity index (χ2n) is 9.28. The first kappa shape index (κ1) is 23.7. The number of hydrogen-bond donors (Lipinski definition) is 3. The van der Waals surface area contributed by atoms with Crippen molar-refractivity contribution in [2.24, 2.45) is 16.9 Å². The lowest BCUT2D eigenvalue weighted by Crippen LogP contribution is -2.44. The van der Waals surface area contributed by atoms with Gasteiger partial charge in [0.05, 0.1) is 11.9 Å². The predicted molar refractivity (Wildman–Crippen MR) is 139 cm³/mol. The van der Waals surface area contributed by atoms with E-state index in [-0.39, 0.29) is 11.5 Å². The van der Waals surface area contributed by atoms with E-state index in [0.29, 0.717) is 5.65 Å². The Hall–Kier alpha value is -3.45. The summed E-state index contributed by atoms with van der Waals surface area (Å²) in [6.45, 7) is 11.3. The molecule has 1 fully saturated rings. The molecule has 1 aliphatic carbocycles. The van der Waals surface area contributed by atoms with Crippen LogP contribution < -0.4 is 16.4 Å². The summed E-state index contributed by atoms with van der Waals surface area (Å²) in [5, 5.41) is 0. The fourth-order valence-corrected chi connectivity index (χ4v) is 4.99. The molecule has 5 rings (SSSR count). The number of piperidine rings is 1. The second kappa shape index (κ2) is 9.81. The van der Waals surface area contributed by atoms with E-state index in [2.05, 4.69) is 55.7 Å². The highest BCUT2D eigenvalue weighted by Crippen LogP contribution is 2.50. The van der Waals surface area contributed by atoms with E-state index in [1.807, 2.05) is 32.9 Å². The van der Waals surface area contributed by atoms with E-state index in [0.717, 1.165) is 60.9 Å². The highest BCUT2D eigenvalue weighted by atomic mass is 15.3. The van der Waals surface area contributed by atoms with Crippen LogP contribution in [-0.4, -0.2) is 33.0 Å². The molecule has 2 aliphatic rings. The third kappa shape index (κ3) is 4.61. The van der Waals surface area contributed by atoms with Crippen molar-refractivity contribution in [1.82, 2.24) is 19.9 Å². The van der Waals surface area contributed by atoms with Crippen LogP contribution in [0.4, 0.5) is 5.95 Å². The first-order valence-electron chi connectivity index (χ1n) is 11.9. The molecule has 0 radical (unpaired) electrons. The monoisotopic (exact) mass is 457 g/mol. The number of anilines is 1. The van der Waals surface area contributed by atoms with Crippen LogP contribution in [0.1, 0.15) is 49.6 Å². The van der Waals surface area contributed by atoms with Crippen molar-refractivity contribution in [3.63, 3.8) is 0 Å². The Labute approximate surface area is 201 Å². The van der Waals surface area contributed by atoms with E-state index < -0.39 is 0 Å². The standard InChI is InChI=1S/C19H22N6.C8H13N/c1-12-11-21-16-17(22-12)24-18(23-16)25-8-6-19(7-9-25)10-13-4-2-3-5-14(13)15(19)20;1-4-6-7(3)8(9)5-2/h2-5,11,15H,6-10,20H2,1H3,(H,21,22,23,24);4-6H,1,9H2,2-3H3/b;7-6-,8-5+/t15-;/m1./s1. The number of aromatic amines is 1. The molecule has 0 saturated carbocycles. The van der Waals surface area contributed by atoms with Gasteiger partial charge in [-0.2, -0.15) is 4.98 Å². The topological polar surface area (TPSA) is 110 Å². The molecule has 1 aliphatic heterocycles. The third-order valence-electron chi connectivity index (χ3n) is 7.10. The van der Waals surface area contributed by atoms with Crippen LogP contribution in [0.25, 0.3) is 11.3 Å². The smallest absolute Gasteiger partial charge is 0.206 e. The molecule has 7 heteroatoms. The molecule has 0 bridgehead atoms. The van der Waals surface area contributed by atoms with Crippen LogP contribution in [0.2, 0.25) is 0 Å². The number of aromatic nitrogens is 4. The first-order chi connectivity index (χ1) is 16.4. The molecular weight excluding hydrogens is 422 g/mol. The lowest BCUT2D eigenvalue weighted by Gasteiger charge is -2.42. The largest absolute Gasteiger partial charge is 0.399 e. The molecule has 1 spiro atoms. The Bertz CT molecular complexity index is 1230. The second-order valence-corrected chi connectivity index (χ2v) is 9.28. The molecule has 1 aromatic carbocycles. The van der Waals surface area contributed by atoms with Crippen molar-refractivity contribution in [1.29, 1.82) is 0 Å². The Balaban J connectivity index is 0.000000262. The minimum absolute atomic E-state index is 0.146. The minimum Gasteiger partial charge on any atom is -0.399 e. The molecule has 0 unspecified atom stereocenters. The Kier molecular flexibility index (Phi) is 6.84. The summed E-state index contributed by atoms with van der Waals surface area (Å²) in [7, 11) is 0. The molecule has 3 aromatic rings. The van der Waals surface area contributed by atoms with Gasteiger partial charge in [-0.15, -0.1) is 0 Å². The van der Waals surface area contributed by atoms with Gasteiger partial charge in [0.15, 0.2) is 11.3 Å². The zero-order valence-electron chi connectivity index (χ0n) is 20.4. The van der Waals surface area contributed by atoms with Crippen molar-refractivity contribution >= 4 is 17.2 Å². The lowest BCUT2D eigenvalue weighted by molar-refractivity contribution is 0.187. The van der Waals surface area contributed by atoms with E-state index in [1.54, 1.807) is 12.3 Å². The van der Waals surface area contributed by atoms with E-state index in [9.17, 15) is 0 Å². The molecule has 1 saturated heterocycles. The number of aryl methyl sites for hydroxylation is 1. The SMILES string of the molecule is C=C/C=C(C)\C(N)=C/C.Cc1cnc2nc(N3CCC4(CC3)Cc3ccccc3[C@H]4N)[nH]c2n1. The highest BCUT2D eigenvalue weighted by molar-refractivity contribution is 5.69. The van der Waals surface area contributed by atoms with Gasteiger partial charge in [-0.05, 0) is 62.1 Å². The summed E-state index contributed by atoms with van der Waals surface area (Å²) in [6.07, 6.45) is 10.5. The number of hydrogen-bond acceptors (Lipinski definition) is 6. The van der Waals surface area contributed by atoms with Crippen LogP contribution in [-0.2, 0) is 6.42 Å². The van der Waals surface area contributed by atoms with Gasteiger partial charge in [0.2, 0.25) is 5.95 Å². The maximum absolute atomic E-state index is 6.66. The molecule has 3 heterocycles. The van der Waals surface area contributed by atoms with Gasteiger partial charge in [-0.25, -0.2) is 9.97 Å². The van der Waals surface area contributed by atoms with Crippen LogP contribution in [0.15, 0.2) is 66.5 Å². The van der Waals surface area contributed by atoms with Gasteiger partial charge >= 0.3 is 0 Å². The highest BCUT2D eigenvalue weighted by Gasteiger charge is 2.46. The van der Waals surface area contributed by atoms with E-state index >= 15 is 0 Å². The van der Waals surface area contributed by atoms with Gasteiger partial charge < -0.3 is 21.4 Å². The van der Waals surface area contributed by atoms with E-state index in [4.69, 9.17) is 11.5 Å². The van der Waals surface area contributed by atoms with Crippen LogP contribution >= 0.6 is 0 Å². The normalized spacial score (nSPS) is 19.6. The van der Waals surface area contributed by atoms with Crippen molar-refractivity contribution in [2.45, 2.75) is 46.1 Å². The summed E-state index contributed by atoms with van der Waals surface area (Å²) >= 11 is 0. The van der Waals surface area contributed by atoms with Crippen LogP contribution in [0.3, 0.4) is 0 Å². The average molecular weight is 458 g/mol. The summed E-state index contributed by atoms with van der Waals surface area (Å²) in [6, 6.07) is 8.79. The fourth-order valence-electron chi connectivity index (χ4n) is 4.99. The zero-order chi connectivity index (χ0) is 24.3. The van der Waals surface area contributed by atoms with Crippen molar-refractivity contribution in [3.05, 3.63) is 83.4 Å². The summed E-state index contributed by atoms with van der Waals surface area (Å²) in [4.78, 5) is 19.1. The summed E-state index contributed by atoms with van der Waals surface area (Å²) in [5.74, 6) is 0.875. The molecule has 2 aromatic heterocycles. The number of rotatable bonds is 3. The molecule has 178 valence electrons. The number of nitrogens with two attached hydrogens (primary N) is 2. The van der Waals surface area contributed by atoms with Gasteiger partial charge in [0.1, 0.15) is 0 Å². The van der Waals surface area contributed by atoms with Crippen LogP contribution in [0, 0.1) is 12.3 Å². The third-order valence-corrected chi connectivity index (χ3v) is 7.10. The van der Waals surface area contributed by atoms with Gasteiger partial charge in [-0.1, -0.05) is 49.1 Å². The zero-order valence-corrected chi connectivity index (χ0v) is 20.4. The molecule has 1 atom stereocenters. The van der Waals surface area contributed by atoms with Crippen molar-refractivity contribution in [2.75, 3.05) is 18.0 Å². The van der Waals surface area contributed by atoms with Crippen molar-refractivity contribution in [3.8, 4) is 0 Å². The van der Waals surface area contributed by atoms with Gasteiger partial charge in [0, 0.05) is 24.8 Å². The molecule has 5 N–H and O–H groups in total. The molecule has 7 nitrogen and oxygen atoms in total. The number of allylic oxidation sites excluding steroid dienone is 4. The van der Waals surface area contributed by atoms with Gasteiger partial charge in [-0.3, -0.25) is 0 Å². The molecule has 34 heavy (non-hydrogen) atoms. The average Bonchev–Trinajstić information content (AvgIpc) is 3.38. The summed E-state index contributed by atoms with van der Waals surface area (Å²) in [5.41, 5.74) is 19.4. The molecular formula is C27H35N7. The number of fused-ring (bicyclic) bond motifs is 2. The first-order valence-corrected chi connectivity index (χ1v) is 11.9. The number of nitrogens with zero attached hydrogens (tertiary/aromatic N) is 4. The maximum Gasteiger partial charge on any atom is 0.206 e. The van der Waals surface area contributed by atoms with Crippen LogP contribution in [0.5, 0.6) is 0 Å². The number of H-pyrrole nitrogens is 1. The van der Waals surface area contributed by atoms with Crippen molar-refractivity contribution < 1.29 is 0 Å². The lowest BCUT2D eigenvalue weighted by atomic mass is 9.73. The van der Waals surface area contributed by atoms with Gasteiger partial charge in [0.25, 0.3) is 0 Å². The maximum atomic E-state index is 6.66. The quantitative estimate of drug-likeness (QED) is 0.500. The number of imidazole rings is 1. The minimum atomic E-state index is 0.146. The predicted octanol–water partition coefficient (Wildman–Crippen LogP) is 4.49. The Morgan fingerprint density at radius 2 is 1.97 bits per heavy atom. The Morgan fingerprint density at radius 3 is 2.65 bits per heavy atom. The number of benzene rings is 1. The fraction of sp³-hybridized carbons (Fsp3) is 0.370.